The Morgan fingerprint density at radius 3 is 2.50 bits per heavy atom. The second-order valence-electron chi connectivity index (χ2n) is 4.11. The highest BCUT2D eigenvalue weighted by Crippen LogP contribution is 2.19. The molecule has 0 bridgehead atoms. The molecule has 1 aliphatic rings. The quantitative estimate of drug-likeness (QED) is 0.688. The SMILES string of the molecule is CC(C)OC1=CC=CC(OC(C)C)C1. The zero-order valence-electron chi connectivity index (χ0n) is 9.49. The van der Waals surface area contributed by atoms with Gasteiger partial charge in [-0.25, -0.2) is 0 Å². The Bertz CT molecular complexity index is 226. The summed E-state index contributed by atoms with van der Waals surface area (Å²) in [6, 6.07) is 0. The zero-order chi connectivity index (χ0) is 10.6. The summed E-state index contributed by atoms with van der Waals surface area (Å²) in [5.41, 5.74) is 0. The molecule has 0 saturated heterocycles. The van der Waals surface area contributed by atoms with Crippen molar-refractivity contribution in [2.75, 3.05) is 0 Å². The maximum absolute atomic E-state index is 5.70. The Kier molecular flexibility index (Phi) is 4.21. The van der Waals surface area contributed by atoms with Gasteiger partial charge in [0.25, 0.3) is 0 Å². The minimum absolute atomic E-state index is 0.175. The summed E-state index contributed by atoms with van der Waals surface area (Å²) in [5, 5.41) is 0. The normalized spacial score (nSPS) is 21.6. The highest BCUT2D eigenvalue weighted by Gasteiger charge is 2.14. The first-order chi connectivity index (χ1) is 6.58. The lowest BCUT2D eigenvalue weighted by Gasteiger charge is -2.22. The topological polar surface area (TPSA) is 18.5 Å². The third-order valence-electron chi connectivity index (χ3n) is 1.84. The van der Waals surface area contributed by atoms with E-state index in [1.54, 1.807) is 0 Å². The van der Waals surface area contributed by atoms with Gasteiger partial charge in [0.15, 0.2) is 0 Å². The van der Waals surface area contributed by atoms with E-state index in [1.807, 2.05) is 26.0 Å². The molecule has 0 radical (unpaired) electrons. The van der Waals surface area contributed by atoms with E-state index in [0.29, 0.717) is 0 Å². The second kappa shape index (κ2) is 5.20. The van der Waals surface area contributed by atoms with Gasteiger partial charge in [0, 0.05) is 6.42 Å². The molecule has 1 unspecified atom stereocenters. The molecule has 0 amide bonds. The lowest BCUT2D eigenvalue weighted by molar-refractivity contribution is 0.0209. The van der Waals surface area contributed by atoms with Crippen LogP contribution in [0.2, 0.25) is 0 Å². The van der Waals surface area contributed by atoms with Crippen LogP contribution in [0, 0.1) is 0 Å². The number of ether oxygens (including phenoxy) is 2. The maximum atomic E-state index is 5.70. The fourth-order valence-corrected chi connectivity index (χ4v) is 1.45. The number of allylic oxidation sites excluding steroid dienone is 2. The zero-order valence-corrected chi connectivity index (χ0v) is 9.49. The van der Waals surface area contributed by atoms with Gasteiger partial charge in [0.1, 0.15) is 0 Å². The molecule has 0 aromatic heterocycles. The highest BCUT2D eigenvalue weighted by molar-refractivity contribution is 5.17. The van der Waals surface area contributed by atoms with Gasteiger partial charge in [0.2, 0.25) is 0 Å². The van der Waals surface area contributed by atoms with E-state index in [9.17, 15) is 0 Å². The van der Waals surface area contributed by atoms with Crippen LogP contribution in [0.5, 0.6) is 0 Å². The van der Waals surface area contributed by atoms with Gasteiger partial charge in [0.05, 0.1) is 24.1 Å². The van der Waals surface area contributed by atoms with Crippen LogP contribution in [-0.4, -0.2) is 18.3 Å². The second-order valence-corrected chi connectivity index (χ2v) is 4.11. The Morgan fingerprint density at radius 2 is 1.93 bits per heavy atom. The van der Waals surface area contributed by atoms with Crippen LogP contribution in [-0.2, 0) is 9.47 Å². The van der Waals surface area contributed by atoms with Crippen molar-refractivity contribution in [3.8, 4) is 0 Å². The molecule has 1 atom stereocenters. The molecule has 2 heteroatoms. The van der Waals surface area contributed by atoms with Crippen molar-refractivity contribution in [3.05, 3.63) is 24.0 Å². The minimum atomic E-state index is 0.175. The predicted molar refractivity (Wildman–Crippen MR) is 58.1 cm³/mol. The van der Waals surface area contributed by atoms with Crippen molar-refractivity contribution in [2.24, 2.45) is 0 Å². The molecule has 0 aromatic rings. The Morgan fingerprint density at radius 1 is 1.21 bits per heavy atom. The summed E-state index contributed by atoms with van der Waals surface area (Å²) in [5.74, 6) is 1.02. The molecule has 0 saturated carbocycles. The molecule has 0 N–H and O–H groups in total. The molecule has 0 aliphatic heterocycles. The molecule has 1 aliphatic carbocycles. The van der Waals surface area contributed by atoms with Gasteiger partial charge >= 0.3 is 0 Å². The molecule has 80 valence electrons. The summed E-state index contributed by atoms with van der Waals surface area (Å²) in [6.45, 7) is 8.18. The van der Waals surface area contributed by atoms with Crippen molar-refractivity contribution in [3.63, 3.8) is 0 Å². The van der Waals surface area contributed by atoms with Gasteiger partial charge in [-0.15, -0.1) is 0 Å². The van der Waals surface area contributed by atoms with Crippen LogP contribution in [0.25, 0.3) is 0 Å². The van der Waals surface area contributed by atoms with Crippen LogP contribution in [0.4, 0.5) is 0 Å². The maximum Gasteiger partial charge on any atom is 0.0992 e. The van der Waals surface area contributed by atoms with Gasteiger partial charge in [-0.3, -0.25) is 0 Å². The summed E-state index contributed by atoms with van der Waals surface area (Å²) in [4.78, 5) is 0. The first kappa shape index (κ1) is 11.3. The molecule has 0 fully saturated rings. The van der Waals surface area contributed by atoms with Crippen molar-refractivity contribution >= 4 is 0 Å². The third kappa shape index (κ3) is 3.97. The average molecular weight is 196 g/mol. The van der Waals surface area contributed by atoms with Crippen LogP contribution in [0.3, 0.4) is 0 Å². The average Bonchev–Trinajstić information content (AvgIpc) is 2.01. The standard InChI is InChI=1S/C12H20O2/c1-9(2)13-11-6-5-7-12(8-11)14-10(3)4/h5-7,9-11H,8H2,1-4H3. The fraction of sp³-hybridized carbons (Fsp3) is 0.667. The van der Waals surface area contributed by atoms with Gasteiger partial charge in [-0.1, -0.05) is 12.2 Å². The lowest BCUT2D eigenvalue weighted by atomic mass is 10.1. The minimum Gasteiger partial charge on any atom is -0.495 e. The molecule has 0 spiro atoms. The molecule has 0 aromatic carbocycles. The largest absolute Gasteiger partial charge is 0.495 e. The van der Waals surface area contributed by atoms with E-state index in [1.165, 1.54) is 0 Å². The van der Waals surface area contributed by atoms with E-state index >= 15 is 0 Å². The number of rotatable bonds is 4. The molecular weight excluding hydrogens is 176 g/mol. The third-order valence-corrected chi connectivity index (χ3v) is 1.84. The smallest absolute Gasteiger partial charge is 0.0992 e. The summed E-state index contributed by atoms with van der Waals surface area (Å²) < 4.78 is 11.3. The summed E-state index contributed by atoms with van der Waals surface area (Å²) in [6.07, 6.45) is 7.64. The molecule has 1 rings (SSSR count). The van der Waals surface area contributed by atoms with E-state index in [4.69, 9.17) is 9.47 Å². The van der Waals surface area contributed by atoms with Crippen LogP contribution in [0.15, 0.2) is 24.0 Å². The van der Waals surface area contributed by atoms with Gasteiger partial charge in [-0.2, -0.15) is 0 Å². The van der Waals surface area contributed by atoms with Crippen molar-refractivity contribution in [2.45, 2.75) is 52.4 Å². The van der Waals surface area contributed by atoms with E-state index in [0.717, 1.165) is 12.2 Å². The monoisotopic (exact) mass is 196 g/mol. The molecule has 0 heterocycles. The highest BCUT2D eigenvalue weighted by atomic mass is 16.5. The Balaban J connectivity index is 2.43. The van der Waals surface area contributed by atoms with E-state index < -0.39 is 0 Å². The van der Waals surface area contributed by atoms with Crippen LogP contribution >= 0.6 is 0 Å². The van der Waals surface area contributed by atoms with E-state index in [2.05, 4.69) is 19.9 Å². The predicted octanol–water partition coefficient (Wildman–Crippen LogP) is 3.05. The molecule has 2 nitrogen and oxygen atoms in total. The molecular formula is C12H20O2. The van der Waals surface area contributed by atoms with Crippen molar-refractivity contribution < 1.29 is 9.47 Å². The first-order valence-corrected chi connectivity index (χ1v) is 5.27. The summed E-state index contributed by atoms with van der Waals surface area (Å²) >= 11 is 0. The van der Waals surface area contributed by atoms with Crippen LogP contribution in [0.1, 0.15) is 34.1 Å². The van der Waals surface area contributed by atoms with Crippen molar-refractivity contribution in [1.82, 2.24) is 0 Å². The summed E-state index contributed by atoms with van der Waals surface area (Å²) in [7, 11) is 0. The van der Waals surface area contributed by atoms with Crippen molar-refractivity contribution in [1.29, 1.82) is 0 Å². The Labute approximate surface area is 86.6 Å². The van der Waals surface area contributed by atoms with Gasteiger partial charge < -0.3 is 9.47 Å². The molecule has 14 heavy (non-hydrogen) atoms. The number of hydrogen-bond donors (Lipinski definition) is 0. The number of hydrogen-bond acceptors (Lipinski definition) is 2. The Hall–Kier alpha value is -0.760. The van der Waals surface area contributed by atoms with E-state index in [-0.39, 0.29) is 18.3 Å². The first-order valence-electron chi connectivity index (χ1n) is 5.27. The van der Waals surface area contributed by atoms with Crippen LogP contribution < -0.4 is 0 Å². The van der Waals surface area contributed by atoms with Gasteiger partial charge in [-0.05, 0) is 33.8 Å². The fourth-order valence-electron chi connectivity index (χ4n) is 1.45. The lowest BCUT2D eigenvalue weighted by Crippen LogP contribution is -2.19.